The molecule has 1 aromatic heterocycles. The summed E-state index contributed by atoms with van der Waals surface area (Å²) in [7, 11) is -2.37. The maximum atomic E-state index is 13.4. The Morgan fingerprint density at radius 1 is 1.14 bits per heavy atom. The number of hydrogen-bond acceptors (Lipinski definition) is 6. The van der Waals surface area contributed by atoms with Crippen LogP contribution in [-0.2, 0) is 21.4 Å². The Balaban J connectivity index is 1.33. The quantitative estimate of drug-likeness (QED) is 0.297. The van der Waals surface area contributed by atoms with Crippen molar-refractivity contribution in [3.05, 3.63) is 78.0 Å². The number of fused-ring (bicyclic) bond motifs is 3. The first-order chi connectivity index (χ1) is 16.8. The van der Waals surface area contributed by atoms with E-state index in [1.807, 2.05) is 49.4 Å². The molecule has 2 aliphatic rings. The number of benzene rings is 2. The number of amides is 1. The van der Waals surface area contributed by atoms with E-state index in [1.165, 1.54) is 23.5 Å². The molecule has 35 heavy (non-hydrogen) atoms. The zero-order valence-corrected chi connectivity index (χ0v) is 20.3. The number of aryl methyl sites for hydroxylation is 1. The Hall–Kier alpha value is -3.27. The van der Waals surface area contributed by atoms with Crippen molar-refractivity contribution in [2.24, 2.45) is 17.8 Å². The zero-order valence-electron chi connectivity index (χ0n) is 19.5. The summed E-state index contributed by atoms with van der Waals surface area (Å²) in [6.45, 7) is 2.26. The molecule has 2 aromatic carbocycles. The van der Waals surface area contributed by atoms with Gasteiger partial charge in [-0.1, -0.05) is 30.4 Å². The molecule has 4 atom stereocenters. The molecule has 8 nitrogen and oxygen atoms in total. The lowest BCUT2D eigenvalue weighted by Crippen LogP contribution is -2.49. The second kappa shape index (κ2) is 9.07. The van der Waals surface area contributed by atoms with Gasteiger partial charge in [-0.15, -0.1) is 0 Å². The highest BCUT2D eigenvalue weighted by molar-refractivity contribution is 7.89. The first kappa shape index (κ1) is 23.5. The molecule has 2 N–H and O–H groups in total. The number of rotatable bonds is 7. The van der Waals surface area contributed by atoms with E-state index >= 15 is 0 Å². The molecule has 2 bridgehead atoms. The van der Waals surface area contributed by atoms with Crippen LogP contribution in [0.1, 0.15) is 17.7 Å². The fourth-order valence-corrected chi connectivity index (χ4v) is 6.85. The Morgan fingerprint density at radius 2 is 1.86 bits per heavy atom. The minimum absolute atomic E-state index is 0.0664. The highest BCUT2D eigenvalue weighted by Gasteiger charge is 2.52. The number of nitrogens with one attached hydrogen (secondary N) is 1. The molecule has 3 aromatic rings. The summed E-state index contributed by atoms with van der Waals surface area (Å²) in [5.41, 5.74) is 4.51. The van der Waals surface area contributed by atoms with Crippen LogP contribution in [0.2, 0.25) is 0 Å². The van der Waals surface area contributed by atoms with Crippen LogP contribution in [0.4, 0.5) is 0 Å². The summed E-state index contributed by atoms with van der Waals surface area (Å²) >= 11 is 0. The Morgan fingerprint density at radius 3 is 2.60 bits per heavy atom. The predicted octanol–water partition coefficient (Wildman–Crippen LogP) is 3.44. The zero-order chi connectivity index (χ0) is 24.7. The van der Waals surface area contributed by atoms with E-state index in [4.69, 9.17) is 4.74 Å². The van der Waals surface area contributed by atoms with E-state index < -0.39 is 27.9 Å². The van der Waals surface area contributed by atoms with Crippen LogP contribution in [0.3, 0.4) is 0 Å². The highest BCUT2D eigenvalue weighted by atomic mass is 32.2. The SMILES string of the molecule is Cc1cc(COc2ccc(S(=O)(=O)N(C)[C@H]3[C@@H](C(=O)NO)[C@@H]4C=C[C@H]3C4)cc2)c2ccccc2n1. The number of carbonyl (C=O) groups is 1. The van der Waals surface area contributed by atoms with Gasteiger partial charge in [0.2, 0.25) is 15.9 Å². The van der Waals surface area contributed by atoms with Gasteiger partial charge in [-0.05, 0) is 61.6 Å². The lowest BCUT2D eigenvalue weighted by Gasteiger charge is -2.33. The summed E-state index contributed by atoms with van der Waals surface area (Å²) < 4.78 is 34.0. The van der Waals surface area contributed by atoms with Crippen LogP contribution < -0.4 is 10.2 Å². The summed E-state index contributed by atoms with van der Waals surface area (Å²) in [4.78, 5) is 16.9. The topological polar surface area (TPSA) is 109 Å². The van der Waals surface area contributed by atoms with Crippen molar-refractivity contribution >= 4 is 26.8 Å². The molecule has 1 heterocycles. The van der Waals surface area contributed by atoms with Crippen molar-refractivity contribution in [1.29, 1.82) is 0 Å². The van der Waals surface area contributed by atoms with Gasteiger partial charge in [0.1, 0.15) is 12.4 Å². The maximum absolute atomic E-state index is 13.4. The van der Waals surface area contributed by atoms with Gasteiger partial charge in [-0.2, -0.15) is 4.31 Å². The molecular weight excluding hydrogens is 466 g/mol. The molecule has 1 fully saturated rings. The van der Waals surface area contributed by atoms with Crippen LogP contribution in [0.5, 0.6) is 5.75 Å². The van der Waals surface area contributed by atoms with E-state index in [2.05, 4.69) is 4.98 Å². The van der Waals surface area contributed by atoms with Gasteiger partial charge in [0.05, 0.1) is 16.3 Å². The second-order valence-electron chi connectivity index (χ2n) is 9.16. The van der Waals surface area contributed by atoms with Crippen LogP contribution in [-0.4, -0.2) is 41.9 Å². The molecule has 5 rings (SSSR count). The van der Waals surface area contributed by atoms with Crippen molar-refractivity contribution < 1.29 is 23.2 Å². The van der Waals surface area contributed by atoms with Gasteiger partial charge in [0.15, 0.2) is 0 Å². The van der Waals surface area contributed by atoms with Gasteiger partial charge in [-0.3, -0.25) is 15.0 Å². The standard InChI is InChI=1S/C26H27N3O5S/c1-16-13-19(22-5-3-4-6-23(22)27-16)15-34-20-9-11-21(12-10-20)35(32,33)29(2)25-18-8-7-17(14-18)24(25)26(30)28-31/h3-13,17-18,24-25,31H,14-15H2,1-2H3,(H,28,30)/t17-,18+,24+,25-/m1/s1. The third-order valence-corrected chi connectivity index (χ3v) is 8.95. The summed E-state index contributed by atoms with van der Waals surface area (Å²) in [5, 5.41) is 10.2. The number of allylic oxidation sites excluding steroid dienone is 1. The summed E-state index contributed by atoms with van der Waals surface area (Å²) in [5.74, 6) is -0.792. The molecule has 0 saturated heterocycles. The molecule has 0 unspecified atom stereocenters. The van der Waals surface area contributed by atoms with Gasteiger partial charge >= 0.3 is 0 Å². The monoisotopic (exact) mass is 493 g/mol. The van der Waals surface area contributed by atoms with Gasteiger partial charge in [0, 0.05) is 29.7 Å². The Bertz CT molecular complexity index is 1400. The third kappa shape index (κ3) is 4.20. The number of pyridine rings is 1. The Kier molecular flexibility index (Phi) is 6.08. The van der Waals surface area contributed by atoms with Crippen molar-refractivity contribution in [1.82, 2.24) is 14.8 Å². The number of nitrogens with zero attached hydrogens (tertiary/aromatic N) is 2. The van der Waals surface area contributed by atoms with Crippen LogP contribution in [0.15, 0.2) is 71.6 Å². The lowest BCUT2D eigenvalue weighted by atomic mass is 9.88. The second-order valence-corrected chi connectivity index (χ2v) is 11.2. The summed E-state index contributed by atoms with van der Waals surface area (Å²) in [6.07, 6.45) is 4.59. The molecule has 0 aliphatic heterocycles. The number of carbonyl (C=O) groups excluding carboxylic acids is 1. The first-order valence-electron chi connectivity index (χ1n) is 11.5. The number of aromatic nitrogens is 1. The molecule has 0 spiro atoms. The molecule has 0 radical (unpaired) electrons. The van der Waals surface area contributed by atoms with E-state index in [0.717, 1.165) is 22.2 Å². The molecule has 182 valence electrons. The minimum Gasteiger partial charge on any atom is -0.489 e. The van der Waals surface area contributed by atoms with Crippen molar-refractivity contribution in [2.75, 3.05) is 7.05 Å². The number of ether oxygens (including phenoxy) is 1. The largest absolute Gasteiger partial charge is 0.489 e. The third-order valence-electron chi connectivity index (χ3n) is 7.08. The van der Waals surface area contributed by atoms with E-state index in [1.54, 1.807) is 17.6 Å². The van der Waals surface area contributed by atoms with Gasteiger partial charge in [0.25, 0.3) is 0 Å². The Labute approximate surface area is 204 Å². The predicted molar refractivity (Wildman–Crippen MR) is 130 cm³/mol. The van der Waals surface area contributed by atoms with Crippen LogP contribution in [0, 0.1) is 24.7 Å². The number of hydroxylamine groups is 1. The first-order valence-corrected chi connectivity index (χ1v) is 12.9. The number of hydrogen-bond donors (Lipinski definition) is 2. The normalized spacial score (nSPS) is 23.2. The minimum atomic E-state index is -3.86. The van der Waals surface area contributed by atoms with Crippen molar-refractivity contribution in [3.63, 3.8) is 0 Å². The molecule has 2 aliphatic carbocycles. The number of para-hydroxylation sites is 1. The fourth-order valence-electron chi connectivity index (χ4n) is 5.43. The molecular formula is C26H27N3O5S. The average Bonchev–Trinajstić information content (AvgIpc) is 3.48. The van der Waals surface area contributed by atoms with Gasteiger partial charge < -0.3 is 4.74 Å². The van der Waals surface area contributed by atoms with E-state index in [9.17, 15) is 18.4 Å². The maximum Gasteiger partial charge on any atom is 0.248 e. The van der Waals surface area contributed by atoms with Crippen LogP contribution in [0.25, 0.3) is 10.9 Å². The van der Waals surface area contributed by atoms with Crippen molar-refractivity contribution in [2.45, 2.75) is 30.9 Å². The highest BCUT2D eigenvalue weighted by Crippen LogP contribution is 2.47. The number of sulfonamides is 1. The smallest absolute Gasteiger partial charge is 0.248 e. The van der Waals surface area contributed by atoms with Crippen molar-refractivity contribution in [3.8, 4) is 5.75 Å². The molecule has 1 amide bonds. The van der Waals surface area contributed by atoms with E-state index in [-0.39, 0.29) is 16.7 Å². The fraction of sp³-hybridized carbons (Fsp3) is 0.308. The van der Waals surface area contributed by atoms with E-state index in [0.29, 0.717) is 18.8 Å². The average molecular weight is 494 g/mol. The van der Waals surface area contributed by atoms with Gasteiger partial charge in [-0.25, -0.2) is 13.9 Å². The summed E-state index contributed by atoms with van der Waals surface area (Å²) in [6, 6.07) is 15.6. The van der Waals surface area contributed by atoms with Crippen LogP contribution >= 0.6 is 0 Å². The molecule has 9 heteroatoms. The molecule has 1 saturated carbocycles. The lowest BCUT2D eigenvalue weighted by molar-refractivity contribution is -0.135.